The van der Waals surface area contributed by atoms with Gasteiger partial charge in [-0.3, -0.25) is 0 Å². The van der Waals surface area contributed by atoms with E-state index in [1.165, 1.54) is 5.56 Å². The van der Waals surface area contributed by atoms with Crippen LogP contribution in [0.2, 0.25) is 5.02 Å². The zero-order chi connectivity index (χ0) is 15.1. The Morgan fingerprint density at radius 1 is 1.25 bits per heavy atom. The van der Waals surface area contributed by atoms with Crippen LogP contribution in [0.25, 0.3) is 0 Å². The van der Waals surface area contributed by atoms with Crippen molar-refractivity contribution >= 4 is 17.3 Å². The standard InChI is InChI=1S/C16H27ClN2O/c1-12(2)10-18-11-14-5-6-15(17)9-16(14)19(7-8-20)13(3)4/h5-6,9,12-13,18,20H,7-8,10-11H2,1-4H3. The van der Waals surface area contributed by atoms with Crippen molar-refractivity contribution in [2.45, 2.75) is 40.3 Å². The van der Waals surface area contributed by atoms with E-state index in [0.717, 1.165) is 23.8 Å². The normalized spacial score (nSPS) is 11.4. The Labute approximate surface area is 127 Å². The highest BCUT2D eigenvalue weighted by Crippen LogP contribution is 2.26. The number of nitrogens with one attached hydrogen (secondary N) is 1. The van der Waals surface area contributed by atoms with E-state index >= 15 is 0 Å². The van der Waals surface area contributed by atoms with Crippen molar-refractivity contribution in [3.8, 4) is 0 Å². The van der Waals surface area contributed by atoms with Crippen LogP contribution in [-0.4, -0.2) is 30.8 Å². The van der Waals surface area contributed by atoms with Crippen molar-refractivity contribution in [2.75, 3.05) is 24.6 Å². The third kappa shape index (κ3) is 5.31. The van der Waals surface area contributed by atoms with E-state index in [9.17, 15) is 5.11 Å². The van der Waals surface area contributed by atoms with E-state index in [0.29, 0.717) is 18.5 Å². The molecule has 1 aromatic rings. The van der Waals surface area contributed by atoms with Crippen LogP contribution in [0.3, 0.4) is 0 Å². The minimum Gasteiger partial charge on any atom is -0.395 e. The number of hydrogen-bond acceptors (Lipinski definition) is 3. The van der Waals surface area contributed by atoms with Gasteiger partial charge in [-0.25, -0.2) is 0 Å². The van der Waals surface area contributed by atoms with Crippen LogP contribution < -0.4 is 10.2 Å². The largest absolute Gasteiger partial charge is 0.395 e. The predicted molar refractivity (Wildman–Crippen MR) is 87.6 cm³/mol. The second-order valence-electron chi connectivity index (χ2n) is 5.81. The number of aliphatic hydroxyl groups is 1. The summed E-state index contributed by atoms with van der Waals surface area (Å²) in [5.74, 6) is 0.629. The van der Waals surface area contributed by atoms with Crippen molar-refractivity contribution in [3.05, 3.63) is 28.8 Å². The lowest BCUT2D eigenvalue weighted by atomic mass is 10.1. The maximum atomic E-state index is 9.27. The Balaban J connectivity index is 2.93. The molecule has 0 radical (unpaired) electrons. The lowest BCUT2D eigenvalue weighted by Crippen LogP contribution is -2.34. The molecule has 0 aromatic heterocycles. The van der Waals surface area contributed by atoms with Crippen LogP contribution in [0.4, 0.5) is 5.69 Å². The highest BCUT2D eigenvalue weighted by molar-refractivity contribution is 6.30. The maximum absolute atomic E-state index is 9.27. The number of benzene rings is 1. The molecule has 20 heavy (non-hydrogen) atoms. The molecule has 0 spiro atoms. The van der Waals surface area contributed by atoms with Crippen molar-refractivity contribution in [1.29, 1.82) is 0 Å². The van der Waals surface area contributed by atoms with E-state index in [1.54, 1.807) is 0 Å². The summed E-state index contributed by atoms with van der Waals surface area (Å²) in [6.45, 7) is 11.2. The van der Waals surface area contributed by atoms with Crippen LogP contribution in [0, 0.1) is 5.92 Å². The number of hydrogen-bond donors (Lipinski definition) is 2. The van der Waals surface area contributed by atoms with Gasteiger partial charge >= 0.3 is 0 Å². The molecule has 0 aliphatic heterocycles. The third-order valence-corrected chi connectivity index (χ3v) is 3.42. The first-order chi connectivity index (χ1) is 9.45. The molecule has 0 aliphatic rings. The fourth-order valence-electron chi connectivity index (χ4n) is 2.21. The van der Waals surface area contributed by atoms with Crippen molar-refractivity contribution in [3.63, 3.8) is 0 Å². The predicted octanol–water partition coefficient (Wildman–Crippen LogP) is 3.29. The van der Waals surface area contributed by atoms with Gasteiger partial charge < -0.3 is 15.3 Å². The highest BCUT2D eigenvalue weighted by Gasteiger charge is 2.14. The van der Waals surface area contributed by atoms with Gasteiger partial charge in [-0.15, -0.1) is 0 Å². The van der Waals surface area contributed by atoms with E-state index in [-0.39, 0.29) is 6.61 Å². The lowest BCUT2D eigenvalue weighted by molar-refractivity contribution is 0.299. The molecule has 2 N–H and O–H groups in total. The summed E-state index contributed by atoms with van der Waals surface area (Å²) < 4.78 is 0. The van der Waals surface area contributed by atoms with Crippen LogP contribution in [0.15, 0.2) is 18.2 Å². The smallest absolute Gasteiger partial charge is 0.0606 e. The van der Waals surface area contributed by atoms with Gasteiger partial charge in [-0.2, -0.15) is 0 Å². The third-order valence-electron chi connectivity index (χ3n) is 3.19. The summed E-state index contributed by atoms with van der Waals surface area (Å²) in [4.78, 5) is 2.19. The Bertz CT molecular complexity index is 407. The SMILES string of the molecule is CC(C)CNCc1ccc(Cl)cc1N(CCO)C(C)C. The van der Waals surface area contributed by atoms with Gasteiger partial charge in [0.15, 0.2) is 0 Å². The molecule has 0 aliphatic carbocycles. The zero-order valence-electron chi connectivity index (χ0n) is 13.0. The topological polar surface area (TPSA) is 35.5 Å². The van der Waals surface area contributed by atoms with Crippen LogP contribution >= 0.6 is 11.6 Å². The van der Waals surface area contributed by atoms with Gasteiger partial charge in [-0.1, -0.05) is 31.5 Å². The second kappa shape index (κ2) is 8.50. The summed E-state index contributed by atoms with van der Waals surface area (Å²) in [6, 6.07) is 6.31. The maximum Gasteiger partial charge on any atom is 0.0606 e. The molecular formula is C16H27ClN2O. The average Bonchev–Trinajstić information content (AvgIpc) is 2.37. The minimum atomic E-state index is 0.142. The molecular weight excluding hydrogens is 272 g/mol. The fraction of sp³-hybridized carbons (Fsp3) is 0.625. The van der Waals surface area contributed by atoms with Crippen molar-refractivity contribution in [1.82, 2.24) is 5.32 Å². The fourth-order valence-corrected chi connectivity index (χ4v) is 2.38. The van der Waals surface area contributed by atoms with E-state index in [4.69, 9.17) is 11.6 Å². The number of rotatable bonds is 8. The van der Waals surface area contributed by atoms with E-state index in [1.807, 2.05) is 12.1 Å². The van der Waals surface area contributed by atoms with Crippen LogP contribution in [0.1, 0.15) is 33.3 Å². The summed E-state index contributed by atoms with van der Waals surface area (Å²) >= 11 is 6.14. The molecule has 4 heteroatoms. The first-order valence-electron chi connectivity index (χ1n) is 7.32. The number of nitrogens with zero attached hydrogens (tertiary/aromatic N) is 1. The average molecular weight is 299 g/mol. The van der Waals surface area contributed by atoms with Gasteiger partial charge in [0.05, 0.1) is 6.61 Å². The highest BCUT2D eigenvalue weighted by atomic mass is 35.5. The van der Waals surface area contributed by atoms with Gasteiger partial charge in [-0.05, 0) is 44.0 Å². The summed E-state index contributed by atoms with van der Waals surface area (Å²) in [7, 11) is 0. The summed E-state index contributed by atoms with van der Waals surface area (Å²) in [6.07, 6.45) is 0. The van der Waals surface area contributed by atoms with E-state index < -0.39 is 0 Å². The first kappa shape index (κ1) is 17.3. The summed E-state index contributed by atoms with van der Waals surface area (Å²) in [5, 5.41) is 13.5. The zero-order valence-corrected chi connectivity index (χ0v) is 13.7. The Hall–Kier alpha value is -0.770. The number of halogens is 1. The Morgan fingerprint density at radius 3 is 2.50 bits per heavy atom. The van der Waals surface area contributed by atoms with Gasteiger partial charge in [0.1, 0.15) is 0 Å². The van der Waals surface area contributed by atoms with E-state index in [2.05, 4.69) is 44.0 Å². The lowest BCUT2D eigenvalue weighted by Gasteiger charge is -2.30. The molecule has 0 saturated carbocycles. The van der Waals surface area contributed by atoms with Gasteiger partial charge in [0.25, 0.3) is 0 Å². The van der Waals surface area contributed by atoms with Gasteiger partial charge in [0.2, 0.25) is 0 Å². The molecule has 3 nitrogen and oxygen atoms in total. The molecule has 0 atom stereocenters. The van der Waals surface area contributed by atoms with Crippen LogP contribution in [-0.2, 0) is 6.54 Å². The molecule has 0 fully saturated rings. The minimum absolute atomic E-state index is 0.142. The monoisotopic (exact) mass is 298 g/mol. The van der Waals surface area contributed by atoms with Crippen molar-refractivity contribution in [2.24, 2.45) is 5.92 Å². The van der Waals surface area contributed by atoms with Gasteiger partial charge in [0, 0.05) is 29.8 Å². The first-order valence-corrected chi connectivity index (χ1v) is 7.70. The molecule has 1 aromatic carbocycles. The number of anilines is 1. The Morgan fingerprint density at radius 2 is 1.95 bits per heavy atom. The number of aliphatic hydroxyl groups excluding tert-OH is 1. The summed E-state index contributed by atoms with van der Waals surface area (Å²) in [5.41, 5.74) is 2.33. The van der Waals surface area contributed by atoms with Crippen LogP contribution in [0.5, 0.6) is 0 Å². The van der Waals surface area contributed by atoms with Crippen molar-refractivity contribution < 1.29 is 5.11 Å². The Kier molecular flexibility index (Phi) is 7.35. The molecule has 0 bridgehead atoms. The molecule has 0 heterocycles. The quantitative estimate of drug-likeness (QED) is 0.773. The molecule has 114 valence electrons. The second-order valence-corrected chi connectivity index (χ2v) is 6.24. The molecule has 0 amide bonds. The molecule has 0 saturated heterocycles. The molecule has 1 rings (SSSR count). The molecule has 0 unspecified atom stereocenters.